The zero-order chi connectivity index (χ0) is 17.2. The number of rotatable bonds is 4. The summed E-state index contributed by atoms with van der Waals surface area (Å²) in [6, 6.07) is 6.70. The molecule has 0 bridgehead atoms. The van der Waals surface area contributed by atoms with Crippen LogP contribution in [0.25, 0.3) is 0 Å². The highest BCUT2D eigenvalue weighted by atomic mass is 32.2. The van der Waals surface area contributed by atoms with Crippen molar-refractivity contribution >= 4 is 15.7 Å². The summed E-state index contributed by atoms with van der Waals surface area (Å²) in [5.74, 6) is -1.17. The molecular formula is C16H17FN2O3S. The van der Waals surface area contributed by atoms with E-state index in [1.54, 1.807) is 19.1 Å². The van der Waals surface area contributed by atoms with Crippen molar-refractivity contribution in [3.63, 3.8) is 0 Å². The average Bonchev–Trinajstić information content (AvgIpc) is 2.46. The molecule has 0 radical (unpaired) electrons. The Bertz CT molecular complexity index is 833. The highest BCUT2D eigenvalue weighted by molar-refractivity contribution is 7.90. The number of aryl methyl sites for hydroxylation is 1. The van der Waals surface area contributed by atoms with E-state index in [4.69, 9.17) is 0 Å². The number of aromatic nitrogens is 1. The van der Waals surface area contributed by atoms with Gasteiger partial charge >= 0.3 is 0 Å². The molecule has 1 unspecified atom stereocenters. The van der Waals surface area contributed by atoms with E-state index in [1.807, 2.05) is 6.92 Å². The molecule has 1 N–H and O–H groups in total. The molecule has 0 saturated carbocycles. The van der Waals surface area contributed by atoms with Crippen LogP contribution in [0.15, 0.2) is 41.4 Å². The zero-order valence-electron chi connectivity index (χ0n) is 13.0. The third-order valence-electron chi connectivity index (χ3n) is 3.38. The first kappa shape index (κ1) is 17.1. The third kappa shape index (κ3) is 4.13. The number of halogens is 1. The predicted octanol–water partition coefficient (Wildman–Crippen LogP) is 2.42. The normalized spacial score (nSPS) is 12.7. The van der Waals surface area contributed by atoms with Gasteiger partial charge in [-0.1, -0.05) is 6.07 Å². The number of hydrogen-bond acceptors (Lipinski definition) is 4. The van der Waals surface area contributed by atoms with E-state index in [-0.39, 0.29) is 10.8 Å². The summed E-state index contributed by atoms with van der Waals surface area (Å²) in [6.45, 7) is 3.50. The number of nitrogens with zero attached hydrogens (tertiary/aromatic N) is 1. The third-order valence-corrected chi connectivity index (χ3v) is 4.51. The largest absolute Gasteiger partial charge is 0.345 e. The van der Waals surface area contributed by atoms with E-state index in [2.05, 4.69) is 10.3 Å². The van der Waals surface area contributed by atoms with Crippen LogP contribution in [0.1, 0.15) is 34.6 Å². The summed E-state index contributed by atoms with van der Waals surface area (Å²) >= 11 is 0. The molecule has 1 aromatic carbocycles. The van der Waals surface area contributed by atoms with Crippen molar-refractivity contribution in [3.05, 3.63) is 59.2 Å². The molecule has 5 nitrogen and oxygen atoms in total. The van der Waals surface area contributed by atoms with Crippen molar-refractivity contribution in [2.45, 2.75) is 24.8 Å². The van der Waals surface area contributed by atoms with Crippen LogP contribution in [0.4, 0.5) is 4.39 Å². The fourth-order valence-electron chi connectivity index (χ4n) is 2.05. The van der Waals surface area contributed by atoms with Crippen molar-refractivity contribution in [1.82, 2.24) is 10.3 Å². The van der Waals surface area contributed by atoms with E-state index in [0.29, 0.717) is 11.1 Å². The lowest BCUT2D eigenvalue weighted by Gasteiger charge is -2.15. The molecule has 0 aliphatic carbocycles. The van der Waals surface area contributed by atoms with Crippen LogP contribution in [-0.2, 0) is 9.84 Å². The minimum atomic E-state index is -3.62. The van der Waals surface area contributed by atoms with E-state index >= 15 is 0 Å². The molecule has 0 aliphatic rings. The number of pyridine rings is 1. The van der Waals surface area contributed by atoms with Gasteiger partial charge in [-0.15, -0.1) is 0 Å². The summed E-state index contributed by atoms with van der Waals surface area (Å²) in [5.41, 5.74) is 1.67. The van der Waals surface area contributed by atoms with E-state index < -0.39 is 21.7 Å². The van der Waals surface area contributed by atoms with E-state index in [9.17, 15) is 17.6 Å². The lowest BCUT2D eigenvalue weighted by atomic mass is 10.1. The number of benzene rings is 1. The van der Waals surface area contributed by atoms with Crippen molar-refractivity contribution < 1.29 is 17.6 Å². The Balaban J connectivity index is 2.17. The summed E-state index contributed by atoms with van der Waals surface area (Å²) in [4.78, 5) is 15.8. The van der Waals surface area contributed by atoms with E-state index in [0.717, 1.165) is 18.0 Å². The summed E-state index contributed by atoms with van der Waals surface area (Å²) in [5, 5.41) is 2.72. The molecule has 0 fully saturated rings. The first-order chi connectivity index (χ1) is 10.7. The molecule has 1 amide bonds. The number of hydrogen-bond donors (Lipinski definition) is 1. The Kier molecular flexibility index (Phi) is 4.79. The Morgan fingerprint density at radius 2 is 1.96 bits per heavy atom. The Hall–Kier alpha value is -2.28. The van der Waals surface area contributed by atoms with Gasteiger partial charge in [0.25, 0.3) is 5.91 Å². The average molecular weight is 336 g/mol. The van der Waals surface area contributed by atoms with Gasteiger partial charge in [-0.25, -0.2) is 12.8 Å². The second kappa shape index (κ2) is 6.45. The molecule has 1 atom stereocenters. The topological polar surface area (TPSA) is 76.1 Å². The Morgan fingerprint density at radius 1 is 1.26 bits per heavy atom. The van der Waals surface area contributed by atoms with Gasteiger partial charge in [-0.2, -0.15) is 0 Å². The van der Waals surface area contributed by atoms with Gasteiger partial charge in [0.2, 0.25) is 0 Å². The molecule has 1 heterocycles. The fraction of sp³-hybridized carbons (Fsp3) is 0.250. The van der Waals surface area contributed by atoms with E-state index in [1.165, 1.54) is 18.3 Å². The number of amides is 1. The Morgan fingerprint density at radius 3 is 2.48 bits per heavy atom. The second-order valence-electron chi connectivity index (χ2n) is 5.35. The quantitative estimate of drug-likeness (QED) is 0.930. The van der Waals surface area contributed by atoms with Crippen molar-refractivity contribution in [2.24, 2.45) is 0 Å². The van der Waals surface area contributed by atoms with Gasteiger partial charge in [0.15, 0.2) is 9.84 Å². The standard InChI is InChI=1S/C16H17FN2O3S/c1-10-4-5-13(9-18-10)16(20)19-11(2)12-6-7-15(14(17)8-12)23(3,21)22/h4-9,11H,1-3H3,(H,19,20). The van der Waals surface area contributed by atoms with Gasteiger partial charge < -0.3 is 5.32 Å². The van der Waals surface area contributed by atoms with Crippen LogP contribution in [0.5, 0.6) is 0 Å². The van der Waals surface area contributed by atoms with Gasteiger partial charge in [-0.3, -0.25) is 9.78 Å². The molecule has 0 aliphatic heterocycles. The molecule has 0 spiro atoms. The predicted molar refractivity (Wildman–Crippen MR) is 84.4 cm³/mol. The highest BCUT2D eigenvalue weighted by Gasteiger charge is 2.17. The first-order valence-electron chi connectivity index (χ1n) is 6.91. The minimum Gasteiger partial charge on any atom is -0.345 e. The zero-order valence-corrected chi connectivity index (χ0v) is 13.8. The monoisotopic (exact) mass is 336 g/mol. The first-order valence-corrected chi connectivity index (χ1v) is 8.80. The molecule has 1 aromatic heterocycles. The molecule has 2 rings (SSSR count). The number of sulfone groups is 1. The number of nitrogens with one attached hydrogen (secondary N) is 1. The van der Waals surface area contributed by atoms with Gasteiger partial charge in [-0.05, 0) is 43.7 Å². The second-order valence-corrected chi connectivity index (χ2v) is 7.33. The van der Waals surface area contributed by atoms with Crippen LogP contribution in [-0.4, -0.2) is 25.6 Å². The number of carbonyl (C=O) groups excluding carboxylic acids is 1. The fourth-order valence-corrected chi connectivity index (χ4v) is 2.78. The lowest BCUT2D eigenvalue weighted by molar-refractivity contribution is 0.0939. The van der Waals surface area contributed by atoms with Crippen molar-refractivity contribution in [1.29, 1.82) is 0 Å². The summed E-state index contributed by atoms with van der Waals surface area (Å²) in [6.07, 6.45) is 2.41. The maximum atomic E-state index is 13.9. The molecule has 0 saturated heterocycles. The molecule has 7 heteroatoms. The van der Waals surface area contributed by atoms with Crippen LogP contribution in [0.2, 0.25) is 0 Å². The minimum absolute atomic E-state index is 0.336. The van der Waals surface area contributed by atoms with Gasteiger partial charge in [0.1, 0.15) is 10.7 Å². The van der Waals surface area contributed by atoms with Crippen LogP contribution in [0, 0.1) is 12.7 Å². The van der Waals surface area contributed by atoms with Crippen LogP contribution >= 0.6 is 0 Å². The van der Waals surface area contributed by atoms with Crippen molar-refractivity contribution in [3.8, 4) is 0 Å². The van der Waals surface area contributed by atoms with Crippen LogP contribution in [0.3, 0.4) is 0 Å². The maximum Gasteiger partial charge on any atom is 0.253 e. The van der Waals surface area contributed by atoms with Gasteiger partial charge in [0, 0.05) is 18.1 Å². The maximum absolute atomic E-state index is 13.9. The number of carbonyl (C=O) groups is 1. The molecule has 122 valence electrons. The SMILES string of the molecule is Cc1ccc(C(=O)NC(C)c2ccc(S(C)(=O)=O)c(F)c2)cn1. The highest BCUT2D eigenvalue weighted by Crippen LogP contribution is 2.20. The summed E-state index contributed by atoms with van der Waals surface area (Å²) in [7, 11) is -3.62. The summed E-state index contributed by atoms with van der Waals surface area (Å²) < 4.78 is 36.7. The smallest absolute Gasteiger partial charge is 0.253 e. The van der Waals surface area contributed by atoms with Gasteiger partial charge in [0.05, 0.1) is 11.6 Å². The van der Waals surface area contributed by atoms with Crippen LogP contribution < -0.4 is 5.32 Å². The molecule has 23 heavy (non-hydrogen) atoms. The Labute approximate surface area is 134 Å². The van der Waals surface area contributed by atoms with Crippen molar-refractivity contribution in [2.75, 3.05) is 6.26 Å². The lowest BCUT2D eigenvalue weighted by Crippen LogP contribution is -2.26. The molecular weight excluding hydrogens is 319 g/mol. The molecule has 2 aromatic rings.